The molecule has 2 aromatic carbocycles. The fourth-order valence-electron chi connectivity index (χ4n) is 1.70. The van der Waals surface area contributed by atoms with Crippen molar-refractivity contribution in [2.45, 2.75) is 0 Å². The maximum Gasteiger partial charge on any atom is 0.0443 e. The van der Waals surface area contributed by atoms with Crippen molar-refractivity contribution < 1.29 is 0 Å². The molecule has 0 aromatic heterocycles. The lowest BCUT2D eigenvalue weighted by atomic mass is 10.0. The zero-order chi connectivity index (χ0) is 13.5. The first-order chi connectivity index (χ1) is 9.29. The van der Waals surface area contributed by atoms with Gasteiger partial charge in [0.2, 0.25) is 0 Å². The van der Waals surface area contributed by atoms with E-state index in [0.717, 1.165) is 21.7 Å². The van der Waals surface area contributed by atoms with E-state index in [9.17, 15) is 0 Å². The van der Waals surface area contributed by atoms with Crippen molar-refractivity contribution in [2.24, 2.45) is 5.11 Å². The summed E-state index contributed by atoms with van der Waals surface area (Å²) in [4.78, 5) is 2.69. The van der Waals surface area contributed by atoms with Crippen molar-refractivity contribution >= 4 is 17.7 Å². The maximum absolute atomic E-state index is 8.16. The van der Waals surface area contributed by atoms with Gasteiger partial charge in [-0.3, -0.25) is 0 Å². The van der Waals surface area contributed by atoms with Crippen molar-refractivity contribution in [3.05, 3.63) is 75.6 Å². The van der Waals surface area contributed by atoms with E-state index in [0.29, 0.717) is 6.54 Å². The zero-order valence-electron chi connectivity index (χ0n) is 10.2. The largest absolute Gasteiger partial charge is 0.0899 e. The van der Waals surface area contributed by atoms with Crippen LogP contribution in [0, 0.1) is 0 Å². The van der Waals surface area contributed by atoms with E-state index in [1.165, 1.54) is 0 Å². The molecule has 2 aromatic rings. The van der Waals surface area contributed by atoms with Gasteiger partial charge in [0.25, 0.3) is 0 Å². The first-order valence-corrected chi connectivity index (χ1v) is 6.21. The lowest BCUT2D eigenvalue weighted by Gasteiger charge is -2.02. The van der Waals surface area contributed by atoms with Gasteiger partial charge in [0, 0.05) is 16.5 Å². The molecule has 19 heavy (non-hydrogen) atoms. The Bertz CT molecular complexity index is 609. The molecular formula is C15H12ClN3. The molecule has 0 spiro atoms. The number of benzene rings is 2. The number of hydrogen-bond acceptors (Lipinski definition) is 1. The van der Waals surface area contributed by atoms with Gasteiger partial charge in [-0.15, -0.1) is 0 Å². The molecule has 0 saturated carbocycles. The fourth-order valence-corrected chi connectivity index (χ4v) is 1.83. The molecular weight excluding hydrogens is 258 g/mol. The van der Waals surface area contributed by atoms with Crippen LogP contribution in [-0.4, -0.2) is 6.54 Å². The predicted molar refractivity (Wildman–Crippen MR) is 79.9 cm³/mol. The van der Waals surface area contributed by atoms with Crippen LogP contribution in [-0.2, 0) is 0 Å². The molecule has 0 atom stereocenters. The number of azide groups is 1. The van der Waals surface area contributed by atoms with Crippen LogP contribution in [0.2, 0.25) is 5.02 Å². The SMILES string of the molecule is [N-]=[N+]=NCC=Cc1ccc(-c2ccc(Cl)cc2)cc1. The fraction of sp³-hybridized carbons (Fsp3) is 0.0667. The maximum atomic E-state index is 8.16. The highest BCUT2D eigenvalue weighted by Crippen LogP contribution is 2.22. The van der Waals surface area contributed by atoms with E-state index in [1.807, 2.05) is 48.6 Å². The quantitative estimate of drug-likeness (QED) is 0.409. The lowest BCUT2D eigenvalue weighted by molar-refractivity contribution is 1.22. The summed E-state index contributed by atoms with van der Waals surface area (Å²) >= 11 is 5.86. The Balaban J connectivity index is 2.12. The molecule has 0 heterocycles. The van der Waals surface area contributed by atoms with E-state index in [4.69, 9.17) is 17.1 Å². The summed E-state index contributed by atoms with van der Waals surface area (Å²) in [6.45, 7) is 0.370. The molecule has 0 saturated heterocycles. The smallest absolute Gasteiger partial charge is 0.0443 e. The Hall–Kier alpha value is -2.22. The third-order valence-electron chi connectivity index (χ3n) is 2.65. The summed E-state index contributed by atoms with van der Waals surface area (Å²) in [5.41, 5.74) is 11.5. The molecule has 0 aliphatic rings. The minimum Gasteiger partial charge on any atom is -0.0899 e. The molecule has 3 nitrogen and oxygen atoms in total. The topological polar surface area (TPSA) is 48.8 Å². The van der Waals surface area contributed by atoms with Gasteiger partial charge in [-0.1, -0.05) is 65.3 Å². The van der Waals surface area contributed by atoms with Crippen molar-refractivity contribution in [1.82, 2.24) is 0 Å². The van der Waals surface area contributed by atoms with Crippen molar-refractivity contribution in [3.63, 3.8) is 0 Å². The van der Waals surface area contributed by atoms with Gasteiger partial charge in [0.05, 0.1) is 0 Å². The normalized spacial score (nSPS) is 10.4. The Kier molecular flexibility index (Phi) is 4.62. The van der Waals surface area contributed by atoms with E-state index in [2.05, 4.69) is 22.2 Å². The first-order valence-electron chi connectivity index (χ1n) is 5.83. The van der Waals surface area contributed by atoms with Gasteiger partial charge in [0.1, 0.15) is 0 Å². The number of hydrogen-bond donors (Lipinski definition) is 0. The number of nitrogens with zero attached hydrogens (tertiary/aromatic N) is 3. The summed E-state index contributed by atoms with van der Waals surface area (Å²) in [5.74, 6) is 0. The second kappa shape index (κ2) is 6.64. The van der Waals surface area contributed by atoms with Gasteiger partial charge >= 0.3 is 0 Å². The number of halogens is 1. The summed E-state index contributed by atoms with van der Waals surface area (Å²) in [6.07, 6.45) is 3.76. The molecule has 0 unspecified atom stereocenters. The molecule has 2 rings (SSSR count). The average Bonchev–Trinajstić information content (AvgIpc) is 2.45. The third kappa shape index (κ3) is 3.88. The van der Waals surface area contributed by atoms with Crippen LogP contribution in [0.4, 0.5) is 0 Å². The molecule has 0 fully saturated rings. The van der Waals surface area contributed by atoms with E-state index in [-0.39, 0.29) is 0 Å². The Morgan fingerprint density at radius 3 is 2.16 bits per heavy atom. The highest BCUT2D eigenvalue weighted by Gasteiger charge is 1.97. The summed E-state index contributed by atoms with van der Waals surface area (Å²) in [6, 6.07) is 15.9. The van der Waals surface area contributed by atoms with E-state index in [1.54, 1.807) is 0 Å². The molecule has 0 N–H and O–H groups in total. The summed E-state index contributed by atoms with van der Waals surface area (Å²) in [7, 11) is 0. The lowest BCUT2D eigenvalue weighted by Crippen LogP contribution is -1.78. The van der Waals surface area contributed by atoms with Crippen molar-refractivity contribution in [2.75, 3.05) is 6.54 Å². The highest BCUT2D eigenvalue weighted by molar-refractivity contribution is 6.30. The van der Waals surface area contributed by atoms with Crippen LogP contribution in [0.5, 0.6) is 0 Å². The van der Waals surface area contributed by atoms with Gasteiger partial charge in [-0.05, 0) is 34.4 Å². The van der Waals surface area contributed by atoms with Crippen LogP contribution in [0.25, 0.3) is 27.6 Å². The highest BCUT2D eigenvalue weighted by atomic mass is 35.5. The van der Waals surface area contributed by atoms with Gasteiger partial charge in [-0.2, -0.15) is 0 Å². The Labute approximate surface area is 116 Å². The average molecular weight is 270 g/mol. The second-order valence-electron chi connectivity index (χ2n) is 3.94. The van der Waals surface area contributed by atoms with Crippen LogP contribution < -0.4 is 0 Å². The molecule has 0 radical (unpaired) electrons. The van der Waals surface area contributed by atoms with Gasteiger partial charge in [-0.25, -0.2) is 0 Å². The van der Waals surface area contributed by atoms with E-state index < -0.39 is 0 Å². The molecule has 0 aliphatic carbocycles. The summed E-state index contributed by atoms with van der Waals surface area (Å²) in [5, 5.41) is 4.18. The predicted octanol–water partition coefficient (Wildman–Crippen LogP) is 5.33. The third-order valence-corrected chi connectivity index (χ3v) is 2.90. The first kappa shape index (κ1) is 13.2. The Morgan fingerprint density at radius 1 is 1.00 bits per heavy atom. The zero-order valence-corrected chi connectivity index (χ0v) is 11.0. The van der Waals surface area contributed by atoms with Crippen LogP contribution >= 0.6 is 11.6 Å². The molecule has 4 heteroatoms. The number of rotatable bonds is 4. The molecule has 0 bridgehead atoms. The van der Waals surface area contributed by atoms with Crippen LogP contribution in [0.15, 0.2) is 59.7 Å². The monoisotopic (exact) mass is 269 g/mol. The Morgan fingerprint density at radius 2 is 1.58 bits per heavy atom. The minimum atomic E-state index is 0.370. The standard InChI is InChI=1S/C15H12ClN3/c16-15-9-7-14(8-10-15)13-5-3-12(4-6-13)2-1-11-18-19-17/h1-10H,11H2. The minimum absolute atomic E-state index is 0.370. The molecule has 0 amide bonds. The van der Waals surface area contributed by atoms with Gasteiger partial charge in [0.15, 0.2) is 0 Å². The molecule has 94 valence electrons. The van der Waals surface area contributed by atoms with Crippen LogP contribution in [0.3, 0.4) is 0 Å². The van der Waals surface area contributed by atoms with E-state index >= 15 is 0 Å². The molecule has 0 aliphatic heterocycles. The van der Waals surface area contributed by atoms with Crippen molar-refractivity contribution in [3.8, 4) is 11.1 Å². The van der Waals surface area contributed by atoms with Crippen molar-refractivity contribution in [1.29, 1.82) is 0 Å². The van der Waals surface area contributed by atoms with Crippen LogP contribution in [0.1, 0.15) is 5.56 Å². The second-order valence-corrected chi connectivity index (χ2v) is 4.38. The van der Waals surface area contributed by atoms with Gasteiger partial charge < -0.3 is 0 Å². The summed E-state index contributed by atoms with van der Waals surface area (Å²) < 4.78 is 0.